The van der Waals surface area contributed by atoms with Gasteiger partial charge in [0.25, 0.3) is 5.69 Å². The van der Waals surface area contributed by atoms with Crippen LogP contribution in [0.5, 0.6) is 0 Å². The normalized spacial score (nSPS) is 9.33. The van der Waals surface area contributed by atoms with Crippen LogP contribution in [0.2, 0.25) is 0 Å². The average Bonchev–Trinajstić information content (AvgIpc) is 2.04. The highest BCUT2D eigenvalue weighted by Gasteiger charge is 2.12. The van der Waals surface area contributed by atoms with Crippen LogP contribution in [0.3, 0.4) is 0 Å². The number of nitro groups is 1. The molecule has 0 bridgehead atoms. The minimum atomic E-state index is -0.552. The Kier molecular flexibility index (Phi) is 2.05. The van der Waals surface area contributed by atoms with E-state index in [1.165, 1.54) is 18.3 Å². The fraction of sp³-hybridized carbons (Fsp3) is 0. The van der Waals surface area contributed by atoms with E-state index in [0.717, 1.165) is 0 Å². The molecule has 0 amide bonds. The molecule has 0 saturated carbocycles. The number of hydrogen-bond acceptors (Lipinski definition) is 4. The van der Waals surface area contributed by atoms with Crippen molar-refractivity contribution in [2.45, 2.75) is 0 Å². The summed E-state index contributed by atoms with van der Waals surface area (Å²) in [5, 5.41) is 10.4. The molecule has 1 aromatic heterocycles. The zero-order valence-corrected chi connectivity index (χ0v) is 6.23. The van der Waals surface area contributed by atoms with Crippen LogP contribution in [-0.2, 0) is 0 Å². The lowest BCUT2D eigenvalue weighted by atomic mass is 10.2. The standard InChI is InChI=1S/C7H7N3O2/c1-2-5-7(8)6(10(11)12)3-4-9-5/h2-4H,1,8H2. The molecule has 2 N–H and O–H groups in total. The Bertz CT molecular complexity index is 335. The lowest BCUT2D eigenvalue weighted by Gasteiger charge is -1.98. The third kappa shape index (κ3) is 1.24. The first-order valence-corrected chi connectivity index (χ1v) is 3.18. The fourth-order valence-corrected chi connectivity index (χ4v) is 0.801. The number of nitrogens with two attached hydrogens (primary N) is 1. The lowest BCUT2D eigenvalue weighted by molar-refractivity contribution is -0.384. The zero-order valence-electron chi connectivity index (χ0n) is 6.23. The summed E-state index contributed by atoms with van der Waals surface area (Å²) in [6.07, 6.45) is 2.70. The largest absolute Gasteiger partial charge is 0.391 e. The summed E-state index contributed by atoms with van der Waals surface area (Å²) >= 11 is 0. The van der Waals surface area contributed by atoms with E-state index in [0.29, 0.717) is 5.69 Å². The number of rotatable bonds is 2. The van der Waals surface area contributed by atoms with Crippen molar-refractivity contribution >= 4 is 17.5 Å². The maximum absolute atomic E-state index is 10.4. The van der Waals surface area contributed by atoms with Gasteiger partial charge in [0.05, 0.1) is 10.6 Å². The van der Waals surface area contributed by atoms with E-state index in [4.69, 9.17) is 5.73 Å². The zero-order chi connectivity index (χ0) is 9.14. The van der Waals surface area contributed by atoms with Gasteiger partial charge in [0.1, 0.15) is 5.69 Å². The number of hydrogen-bond donors (Lipinski definition) is 1. The van der Waals surface area contributed by atoms with E-state index in [-0.39, 0.29) is 11.4 Å². The molecule has 0 aliphatic rings. The van der Waals surface area contributed by atoms with Crippen molar-refractivity contribution in [3.63, 3.8) is 0 Å². The van der Waals surface area contributed by atoms with Crippen LogP contribution < -0.4 is 5.73 Å². The second-order valence-electron chi connectivity index (χ2n) is 2.09. The number of nitrogens with zero attached hydrogens (tertiary/aromatic N) is 2. The van der Waals surface area contributed by atoms with E-state index in [1.807, 2.05) is 0 Å². The lowest BCUT2D eigenvalue weighted by Crippen LogP contribution is -1.99. The first-order chi connectivity index (χ1) is 5.66. The van der Waals surface area contributed by atoms with Crippen LogP contribution in [0.15, 0.2) is 18.8 Å². The SMILES string of the molecule is C=Cc1nccc([N+](=O)[O-])c1N. The van der Waals surface area contributed by atoms with Gasteiger partial charge >= 0.3 is 0 Å². The van der Waals surface area contributed by atoms with Gasteiger partial charge in [-0.15, -0.1) is 0 Å². The Morgan fingerprint density at radius 2 is 2.42 bits per heavy atom. The summed E-state index contributed by atoms with van der Waals surface area (Å²) in [5.74, 6) is 0. The number of pyridine rings is 1. The monoisotopic (exact) mass is 165 g/mol. The van der Waals surface area contributed by atoms with Crippen molar-refractivity contribution in [2.75, 3.05) is 5.73 Å². The first kappa shape index (κ1) is 8.19. The highest BCUT2D eigenvalue weighted by Crippen LogP contribution is 2.22. The average molecular weight is 165 g/mol. The molecule has 1 heterocycles. The molecule has 1 aromatic rings. The Labute approximate surface area is 68.7 Å². The van der Waals surface area contributed by atoms with Crippen molar-refractivity contribution in [1.29, 1.82) is 0 Å². The highest BCUT2D eigenvalue weighted by molar-refractivity contribution is 5.69. The molecule has 0 fully saturated rings. The summed E-state index contributed by atoms with van der Waals surface area (Å²) < 4.78 is 0. The summed E-state index contributed by atoms with van der Waals surface area (Å²) in [7, 11) is 0. The van der Waals surface area contributed by atoms with Crippen LogP contribution >= 0.6 is 0 Å². The molecule has 0 radical (unpaired) electrons. The van der Waals surface area contributed by atoms with Gasteiger partial charge in [0, 0.05) is 12.3 Å². The summed E-state index contributed by atoms with van der Waals surface area (Å²) in [5.41, 5.74) is 5.67. The van der Waals surface area contributed by atoms with Crippen LogP contribution in [-0.4, -0.2) is 9.91 Å². The van der Waals surface area contributed by atoms with Crippen molar-refractivity contribution in [2.24, 2.45) is 0 Å². The topological polar surface area (TPSA) is 82.0 Å². The smallest absolute Gasteiger partial charge is 0.295 e. The quantitative estimate of drug-likeness (QED) is 0.527. The highest BCUT2D eigenvalue weighted by atomic mass is 16.6. The van der Waals surface area contributed by atoms with E-state index >= 15 is 0 Å². The van der Waals surface area contributed by atoms with Crippen molar-refractivity contribution in [1.82, 2.24) is 4.98 Å². The number of nitrogen functional groups attached to an aromatic ring is 1. The molecule has 0 aliphatic carbocycles. The molecular formula is C7H7N3O2. The Hall–Kier alpha value is -1.91. The molecule has 5 heteroatoms. The molecule has 0 aliphatic heterocycles. The molecule has 12 heavy (non-hydrogen) atoms. The molecular weight excluding hydrogens is 158 g/mol. The molecule has 0 aromatic carbocycles. The van der Waals surface area contributed by atoms with Crippen LogP contribution in [0.25, 0.3) is 6.08 Å². The molecule has 0 unspecified atom stereocenters. The minimum Gasteiger partial charge on any atom is -0.391 e. The molecule has 62 valence electrons. The van der Waals surface area contributed by atoms with E-state index in [2.05, 4.69) is 11.6 Å². The van der Waals surface area contributed by atoms with Gasteiger partial charge in [-0.25, -0.2) is 0 Å². The number of anilines is 1. The van der Waals surface area contributed by atoms with Crippen LogP contribution in [0.4, 0.5) is 11.4 Å². The molecule has 0 saturated heterocycles. The predicted octanol–water partition coefficient (Wildman–Crippen LogP) is 1.21. The van der Waals surface area contributed by atoms with Gasteiger partial charge in [-0.05, 0) is 6.08 Å². The maximum Gasteiger partial charge on any atom is 0.295 e. The van der Waals surface area contributed by atoms with Gasteiger partial charge < -0.3 is 5.73 Å². The maximum atomic E-state index is 10.4. The summed E-state index contributed by atoms with van der Waals surface area (Å²) in [6.45, 7) is 3.43. The van der Waals surface area contributed by atoms with Gasteiger partial charge in [0.2, 0.25) is 0 Å². The van der Waals surface area contributed by atoms with E-state index < -0.39 is 4.92 Å². The Balaban J connectivity index is 3.32. The fourth-order valence-electron chi connectivity index (χ4n) is 0.801. The molecule has 0 spiro atoms. The second kappa shape index (κ2) is 3.00. The molecule has 1 rings (SSSR count). The van der Waals surface area contributed by atoms with Gasteiger partial charge in [-0.3, -0.25) is 15.1 Å². The van der Waals surface area contributed by atoms with Crippen LogP contribution in [0, 0.1) is 10.1 Å². The summed E-state index contributed by atoms with van der Waals surface area (Å²) in [6, 6.07) is 1.25. The van der Waals surface area contributed by atoms with Crippen molar-refractivity contribution < 1.29 is 4.92 Å². The Morgan fingerprint density at radius 1 is 1.75 bits per heavy atom. The molecule has 5 nitrogen and oxygen atoms in total. The third-order valence-electron chi connectivity index (χ3n) is 1.39. The van der Waals surface area contributed by atoms with E-state index in [9.17, 15) is 10.1 Å². The van der Waals surface area contributed by atoms with Crippen LogP contribution in [0.1, 0.15) is 5.69 Å². The minimum absolute atomic E-state index is 0.0532. The van der Waals surface area contributed by atoms with Crippen molar-refractivity contribution in [3.05, 3.63) is 34.7 Å². The first-order valence-electron chi connectivity index (χ1n) is 3.18. The van der Waals surface area contributed by atoms with Gasteiger partial charge in [0.15, 0.2) is 0 Å². The van der Waals surface area contributed by atoms with E-state index in [1.54, 1.807) is 0 Å². The second-order valence-corrected chi connectivity index (χ2v) is 2.09. The number of aromatic nitrogens is 1. The summed E-state index contributed by atoms with van der Waals surface area (Å²) in [4.78, 5) is 13.6. The predicted molar refractivity (Wildman–Crippen MR) is 45.4 cm³/mol. The molecule has 0 atom stereocenters. The van der Waals surface area contributed by atoms with Gasteiger partial charge in [-0.1, -0.05) is 6.58 Å². The third-order valence-corrected chi connectivity index (χ3v) is 1.39. The Morgan fingerprint density at radius 3 is 2.92 bits per heavy atom. The van der Waals surface area contributed by atoms with Crippen molar-refractivity contribution in [3.8, 4) is 0 Å². The van der Waals surface area contributed by atoms with Gasteiger partial charge in [-0.2, -0.15) is 0 Å².